The van der Waals surface area contributed by atoms with E-state index in [0.717, 1.165) is 60.9 Å². The van der Waals surface area contributed by atoms with Crippen molar-refractivity contribution in [2.24, 2.45) is 11.8 Å². The van der Waals surface area contributed by atoms with E-state index in [2.05, 4.69) is 9.88 Å². The summed E-state index contributed by atoms with van der Waals surface area (Å²) in [6.45, 7) is 2.70. The smallest absolute Gasteiger partial charge is 0.319 e. The van der Waals surface area contributed by atoms with Crippen molar-refractivity contribution < 1.29 is 19.4 Å². The van der Waals surface area contributed by atoms with Crippen LogP contribution in [0.4, 0.5) is 0 Å². The number of carbonyl (C=O) groups excluding carboxylic acids is 1. The van der Waals surface area contributed by atoms with E-state index < -0.39 is 5.41 Å². The SMILES string of the molecule is COCCC1CC2CN3CCc4c([nH]c5ccc(O)cc45)C(C(=O)OC)(C2)C13. The molecule has 1 aromatic carbocycles. The van der Waals surface area contributed by atoms with Crippen molar-refractivity contribution in [2.75, 3.05) is 33.9 Å². The average Bonchev–Trinajstić information content (AvgIpc) is 3.03. The lowest BCUT2D eigenvalue weighted by Crippen LogP contribution is -2.67. The first-order valence-electron chi connectivity index (χ1n) is 10.2. The van der Waals surface area contributed by atoms with Crippen LogP contribution in [0.15, 0.2) is 18.2 Å². The van der Waals surface area contributed by atoms with E-state index >= 15 is 0 Å². The first kappa shape index (κ1) is 18.0. The van der Waals surface area contributed by atoms with Gasteiger partial charge in [0.25, 0.3) is 0 Å². The Morgan fingerprint density at radius 3 is 3.04 bits per heavy atom. The van der Waals surface area contributed by atoms with Gasteiger partial charge in [-0.1, -0.05) is 0 Å². The lowest BCUT2D eigenvalue weighted by molar-refractivity contribution is -0.162. The molecule has 4 heterocycles. The van der Waals surface area contributed by atoms with E-state index in [0.29, 0.717) is 18.4 Å². The van der Waals surface area contributed by atoms with Crippen molar-refractivity contribution in [1.82, 2.24) is 9.88 Å². The minimum absolute atomic E-state index is 0.128. The zero-order chi connectivity index (χ0) is 19.5. The van der Waals surface area contributed by atoms with Crippen LogP contribution in [-0.2, 0) is 26.1 Å². The number of hydrogen-bond acceptors (Lipinski definition) is 5. The number of esters is 1. The molecule has 5 atom stereocenters. The highest BCUT2D eigenvalue weighted by molar-refractivity contribution is 5.92. The van der Waals surface area contributed by atoms with Crippen LogP contribution in [-0.4, -0.2) is 60.9 Å². The quantitative estimate of drug-likeness (QED) is 0.793. The summed E-state index contributed by atoms with van der Waals surface area (Å²) in [5.41, 5.74) is 2.49. The van der Waals surface area contributed by atoms with E-state index in [-0.39, 0.29) is 17.8 Å². The number of rotatable bonds is 4. The number of H-pyrrole nitrogens is 1. The van der Waals surface area contributed by atoms with E-state index in [1.807, 2.05) is 12.1 Å². The van der Waals surface area contributed by atoms with Gasteiger partial charge in [0.2, 0.25) is 0 Å². The number of hydrogen-bond donors (Lipinski definition) is 2. The van der Waals surface area contributed by atoms with Crippen LogP contribution >= 0.6 is 0 Å². The van der Waals surface area contributed by atoms with Crippen LogP contribution in [0.1, 0.15) is 30.5 Å². The van der Waals surface area contributed by atoms with Crippen molar-refractivity contribution in [3.63, 3.8) is 0 Å². The number of benzene rings is 1. The Hall–Kier alpha value is -2.05. The molecule has 2 N–H and O–H groups in total. The number of piperidine rings is 2. The number of aromatic hydroxyl groups is 1. The predicted octanol–water partition coefficient (Wildman–Crippen LogP) is 2.59. The molecule has 0 radical (unpaired) electrons. The summed E-state index contributed by atoms with van der Waals surface area (Å²) in [6.07, 6.45) is 3.82. The Bertz CT molecular complexity index is 923. The molecule has 2 saturated heterocycles. The van der Waals surface area contributed by atoms with Crippen molar-refractivity contribution >= 4 is 16.9 Å². The van der Waals surface area contributed by atoms with E-state index in [9.17, 15) is 9.90 Å². The first-order chi connectivity index (χ1) is 13.6. The van der Waals surface area contributed by atoms with E-state index in [1.54, 1.807) is 13.2 Å². The monoisotopic (exact) mass is 384 g/mol. The van der Waals surface area contributed by atoms with Crippen LogP contribution < -0.4 is 0 Å². The summed E-state index contributed by atoms with van der Waals surface area (Å²) < 4.78 is 10.8. The van der Waals surface area contributed by atoms with Crippen LogP contribution in [0.3, 0.4) is 0 Å². The molecule has 4 bridgehead atoms. The van der Waals surface area contributed by atoms with Gasteiger partial charge in [-0.3, -0.25) is 9.69 Å². The van der Waals surface area contributed by atoms with E-state index in [4.69, 9.17) is 9.47 Å². The van der Waals surface area contributed by atoms with Crippen LogP contribution in [0.25, 0.3) is 10.9 Å². The van der Waals surface area contributed by atoms with Gasteiger partial charge in [-0.2, -0.15) is 0 Å². The highest BCUT2D eigenvalue weighted by Gasteiger charge is 2.62. The third-order valence-corrected chi connectivity index (χ3v) is 7.31. The summed E-state index contributed by atoms with van der Waals surface area (Å²) in [4.78, 5) is 19.5. The minimum Gasteiger partial charge on any atom is -0.508 e. The Morgan fingerprint density at radius 1 is 1.39 bits per heavy atom. The second-order valence-corrected chi connectivity index (χ2v) is 8.71. The number of nitrogens with zero attached hydrogens (tertiary/aromatic N) is 1. The highest BCUT2D eigenvalue weighted by Crippen LogP contribution is 2.55. The molecule has 150 valence electrons. The molecular formula is C22H28N2O4. The highest BCUT2D eigenvalue weighted by atomic mass is 16.5. The third kappa shape index (κ3) is 2.37. The number of aromatic nitrogens is 1. The molecular weight excluding hydrogens is 356 g/mol. The van der Waals surface area contributed by atoms with Crippen LogP contribution in [0.5, 0.6) is 5.75 Å². The Labute approximate surface area is 164 Å². The number of phenols is 1. The third-order valence-electron chi connectivity index (χ3n) is 7.31. The molecule has 2 aromatic rings. The maximum atomic E-state index is 13.4. The van der Waals surface area contributed by atoms with Gasteiger partial charge < -0.3 is 19.6 Å². The second kappa shape index (κ2) is 6.49. The summed E-state index contributed by atoms with van der Waals surface area (Å²) >= 11 is 0. The average molecular weight is 384 g/mol. The molecule has 1 saturated carbocycles. The number of nitrogens with one attached hydrogen (secondary N) is 1. The molecule has 6 rings (SSSR count). The molecule has 0 spiro atoms. The Kier molecular flexibility index (Phi) is 4.18. The molecule has 6 heteroatoms. The Morgan fingerprint density at radius 2 is 2.25 bits per heavy atom. The van der Waals surface area contributed by atoms with Gasteiger partial charge in [-0.25, -0.2) is 0 Å². The molecule has 3 aliphatic heterocycles. The first-order valence-corrected chi connectivity index (χ1v) is 10.2. The maximum Gasteiger partial charge on any atom is 0.319 e. The Balaban J connectivity index is 1.73. The normalized spacial score (nSPS) is 33.5. The van der Waals surface area contributed by atoms with Crippen molar-refractivity contribution in [3.05, 3.63) is 29.5 Å². The molecule has 4 aliphatic rings. The number of carbonyl (C=O) groups is 1. The maximum absolute atomic E-state index is 13.4. The molecule has 28 heavy (non-hydrogen) atoms. The summed E-state index contributed by atoms with van der Waals surface area (Å²) in [7, 11) is 3.25. The van der Waals surface area contributed by atoms with Gasteiger partial charge in [0.1, 0.15) is 11.2 Å². The lowest BCUT2D eigenvalue weighted by atomic mass is 9.56. The molecule has 6 nitrogen and oxygen atoms in total. The van der Waals surface area contributed by atoms with Gasteiger partial charge in [-0.05, 0) is 61.3 Å². The topological polar surface area (TPSA) is 74.8 Å². The zero-order valence-electron chi connectivity index (χ0n) is 16.5. The number of phenolic OH excluding ortho intramolecular Hbond substituents is 1. The largest absolute Gasteiger partial charge is 0.508 e. The van der Waals surface area contributed by atoms with E-state index in [1.165, 1.54) is 7.11 Å². The van der Waals surface area contributed by atoms with Crippen LogP contribution in [0, 0.1) is 11.8 Å². The second-order valence-electron chi connectivity index (χ2n) is 8.71. The minimum atomic E-state index is -0.672. The fraction of sp³-hybridized carbons (Fsp3) is 0.591. The molecule has 1 aromatic heterocycles. The van der Waals surface area contributed by atoms with Crippen molar-refractivity contribution in [1.29, 1.82) is 0 Å². The summed E-state index contributed by atoms with van der Waals surface area (Å²) in [5.74, 6) is 1.02. The number of ether oxygens (including phenoxy) is 2. The zero-order valence-corrected chi connectivity index (χ0v) is 16.5. The molecule has 3 fully saturated rings. The molecule has 5 unspecified atom stereocenters. The van der Waals surface area contributed by atoms with Gasteiger partial charge in [0.15, 0.2) is 0 Å². The summed E-state index contributed by atoms with van der Waals surface area (Å²) in [6, 6.07) is 5.55. The predicted molar refractivity (Wildman–Crippen MR) is 105 cm³/mol. The van der Waals surface area contributed by atoms with Crippen LogP contribution in [0.2, 0.25) is 0 Å². The molecule has 1 aliphatic carbocycles. The number of aromatic amines is 1. The van der Waals surface area contributed by atoms with Crippen molar-refractivity contribution in [3.8, 4) is 5.75 Å². The molecule has 0 amide bonds. The van der Waals surface area contributed by atoms with Crippen molar-refractivity contribution in [2.45, 2.75) is 37.1 Å². The van der Waals surface area contributed by atoms with Gasteiger partial charge in [0.05, 0.1) is 7.11 Å². The summed E-state index contributed by atoms with van der Waals surface area (Å²) in [5, 5.41) is 11.1. The van der Waals surface area contributed by atoms with Gasteiger partial charge in [-0.15, -0.1) is 0 Å². The van der Waals surface area contributed by atoms with Gasteiger partial charge in [0, 0.05) is 49.4 Å². The number of methoxy groups -OCH3 is 2. The standard InChI is InChI=1S/C22H28N2O4/c1-27-8-6-14-9-13-11-22(21(26)28-2)19-16(5-7-24(12-13)20(14)22)17-10-15(25)3-4-18(17)23-19/h3-4,10,13-14,20,23,25H,5-9,11-12H2,1-2H3. The fourth-order valence-corrected chi connectivity index (χ4v) is 6.46. The number of fused-ring (bicyclic) bond motifs is 4. The van der Waals surface area contributed by atoms with Gasteiger partial charge >= 0.3 is 5.97 Å². The fourth-order valence-electron chi connectivity index (χ4n) is 6.46. The lowest BCUT2D eigenvalue weighted by Gasteiger charge is -2.58.